The van der Waals surface area contributed by atoms with Gasteiger partial charge in [-0.05, 0) is 42.3 Å². The summed E-state index contributed by atoms with van der Waals surface area (Å²) >= 11 is 0. The third-order valence-corrected chi connectivity index (χ3v) is 3.27. The van der Waals surface area contributed by atoms with Gasteiger partial charge in [0.25, 0.3) is 0 Å². The molecule has 2 rings (SSSR count). The van der Waals surface area contributed by atoms with E-state index in [1.807, 2.05) is 0 Å². The van der Waals surface area contributed by atoms with Crippen molar-refractivity contribution in [1.82, 2.24) is 0 Å². The predicted octanol–water partition coefficient (Wildman–Crippen LogP) is 2.87. The van der Waals surface area contributed by atoms with Crippen molar-refractivity contribution in [1.29, 1.82) is 0 Å². The summed E-state index contributed by atoms with van der Waals surface area (Å²) in [5.74, 6) is -0.788. The summed E-state index contributed by atoms with van der Waals surface area (Å²) in [4.78, 5) is 11.4. The Labute approximate surface area is 116 Å². The van der Waals surface area contributed by atoms with Crippen LogP contribution in [-0.2, 0) is 10.3 Å². The van der Waals surface area contributed by atoms with Gasteiger partial charge >= 0.3 is 5.97 Å². The summed E-state index contributed by atoms with van der Waals surface area (Å²) in [6.07, 6.45) is 0. The second-order valence-electron chi connectivity index (χ2n) is 4.65. The largest absolute Gasteiger partial charge is 0.465 e. The van der Waals surface area contributed by atoms with Crippen molar-refractivity contribution in [2.75, 3.05) is 7.11 Å². The summed E-state index contributed by atoms with van der Waals surface area (Å²) < 4.78 is 17.5. The van der Waals surface area contributed by atoms with Crippen molar-refractivity contribution in [3.8, 4) is 0 Å². The van der Waals surface area contributed by atoms with Gasteiger partial charge in [0.1, 0.15) is 11.4 Å². The van der Waals surface area contributed by atoms with E-state index in [1.165, 1.54) is 31.4 Å². The molecule has 0 aliphatic rings. The quantitative estimate of drug-likeness (QED) is 0.875. The van der Waals surface area contributed by atoms with Gasteiger partial charge in [-0.2, -0.15) is 0 Å². The molecule has 0 bridgehead atoms. The molecule has 2 aromatic rings. The minimum atomic E-state index is -1.26. The zero-order valence-corrected chi connectivity index (χ0v) is 11.3. The van der Waals surface area contributed by atoms with Gasteiger partial charge in [0.15, 0.2) is 0 Å². The molecule has 20 heavy (non-hydrogen) atoms. The fraction of sp³-hybridized carbons (Fsp3) is 0.188. The number of methoxy groups -OCH3 is 1. The molecule has 3 nitrogen and oxygen atoms in total. The Kier molecular flexibility index (Phi) is 3.86. The molecule has 0 spiro atoms. The Morgan fingerprint density at radius 3 is 1.95 bits per heavy atom. The van der Waals surface area contributed by atoms with Crippen LogP contribution in [0, 0.1) is 5.82 Å². The molecule has 0 aliphatic carbocycles. The molecular formula is C16H15FO3. The number of benzene rings is 2. The molecule has 0 aliphatic heterocycles. The number of rotatable bonds is 3. The SMILES string of the molecule is COC(=O)c1ccc([C@@](C)(O)c2ccc(F)cc2)cc1. The predicted molar refractivity (Wildman–Crippen MR) is 72.9 cm³/mol. The maximum atomic E-state index is 12.9. The fourth-order valence-electron chi connectivity index (χ4n) is 1.99. The second kappa shape index (κ2) is 5.43. The maximum Gasteiger partial charge on any atom is 0.337 e. The number of carbonyl (C=O) groups is 1. The highest BCUT2D eigenvalue weighted by atomic mass is 19.1. The highest BCUT2D eigenvalue weighted by molar-refractivity contribution is 5.89. The van der Waals surface area contributed by atoms with Crippen LogP contribution in [-0.4, -0.2) is 18.2 Å². The zero-order valence-electron chi connectivity index (χ0n) is 11.3. The smallest absolute Gasteiger partial charge is 0.337 e. The number of hydrogen-bond donors (Lipinski definition) is 1. The van der Waals surface area contributed by atoms with Gasteiger partial charge in [-0.3, -0.25) is 0 Å². The molecule has 0 saturated carbocycles. The third-order valence-electron chi connectivity index (χ3n) is 3.27. The number of esters is 1. The van der Waals surface area contributed by atoms with Gasteiger partial charge in [0, 0.05) is 0 Å². The number of aliphatic hydroxyl groups is 1. The topological polar surface area (TPSA) is 46.5 Å². The van der Waals surface area contributed by atoms with Crippen LogP contribution in [0.1, 0.15) is 28.4 Å². The maximum absolute atomic E-state index is 12.9. The lowest BCUT2D eigenvalue weighted by Gasteiger charge is -2.24. The Balaban J connectivity index is 2.34. The van der Waals surface area contributed by atoms with E-state index in [9.17, 15) is 14.3 Å². The van der Waals surface area contributed by atoms with Crippen LogP contribution in [0.3, 0.4) is 0 Å². The van der Waals surface area contributed by atoms with Crippen LogP contribution < -0.4 is 0 Å². The van der Waals surface area contributed by atoms with Gasteiger partial charge < -0.3 is 9.84 Å². The van der Waals surface area contributed by atoms with Crippen molar-refractivity contribution < 1.29 is 19.0 Å². The molecular weight excluding hydrogens is 259 g/mol. The van der Waals surface area contributed by atoms with E-state index in [2.05, 4.69) is 4.74 Å². The van der Waals surface area contributed by atoms with E-state index in [1.54, 1.807) is 31.2 Å². The first kappa shape index (κ1) is 14.2. The first-order valence-electron chi connectivity index (χ1n) is 6.12. The standard InChI is InChI=1S/C16H15FO3/c1-16(19,13-7-9-14(17)10-8-13)12-5-3-11(4-6-12)15(18)20-2/h3-10,19H,1-2H3/t16-/m1/s1. The van der Waals surface area contributed by atoms with Gasteiger partial charge in [-0.15, -0.1) is 0 Å². The molecule has 0 radical (unpaired) electrons. The minimum absolute atomic E-state index is 0.356. The number of carbonyl (C=O) groups excluding carboxylic acids is 1. The van der Waals surface area contributed by atoms with Crippen molar-refractivity contribution >= 4 is 5.97 Å². The average molecular weight is 274 g/mol. The first-order valence-corrected chi connectivity index (χ1v) is 6.12. The second-order valence-corrected chi connectivity index (χ2v) is 4.65. The summed E-state index contributed by atoms with van der Waals surface area (Å²) in [6.45, 7) is 1.62. The number of ether oxygens (including phenoxy) is 1. The van der Waals surface area contributed by atoms with E-state index in [4.69, 9.17) is 0 Å². The lowest BCUT2D eigenvalue weighted by atomic mass is 9.88. The van der Waals surface area contributed by atoms with Gasteiger partial charge in [-0.25, -0.2) is 9.18 Å². The molecule has 0 aromatic heterocycles. The van der Waals surface area contributed by atoms with E-state index < -0.39 is 11.6 Å². The molecule has 1 atom stereocenters. The lowest BCUT2D eigenvalue weighted by molar-refractivity contribution is 0.0600. The number of hydrogen-bond acceptors (Lipinski definition) is 3. The number of halogens is 1. The van der Waals surface area contributed by atoms with Crippen LogP contribution >= 0.6 is 0 Å². The molecule has 0 saturated heterocycles. The highest BCUT2D eigenvalue weighted by Crippen LogP contribution is 2.29. The molecule has 2 aromatic carbocycles. The van der Waals surface area contributed by atoms with Gasteiger partial charge in [0.05, 0.1) is 12.7 Å². The monoisotopic (exact) mass is 274 g/mol. The Bertz CT molecular complexity index is 601. The summed E-state index contributed by atoms with van der Waals surface area (Å²) in [5, 5.41) is 10.6. The minimum Gasteiger partial charge on any atom is -0.465 e. The van der Waals surface area contributed by atoms with Crippen molar-refractivity contribution in [2.24, 2.45) is 0 Å². The van der Waals surface area contributed by atoms with Gasteiger partial charge in [0.2, 0.25) is 0 Å². The van der Waals surface area contributed by atoms with Crippen molar-refractivity contribution in [2.45, 2.75) is 12.5 Å². The third kappa shape index (κ3) is 2.70. The van der Waals surface area contributed by atoms with Crippen LogP contribution in [0.4, 0.5) is 4.39 Å². The molecule has 4 heteroatoms. The van der Waals surface area contributed by atoms with Crippen LogP contribution in [0.2, 0.25) is 0 Å². The van der Waals surface area contributed by atoms with Crippen LogP contribution in [0.25, 0.3) is 0 Å². The van der Waals surface area contributed by atoms with E-state index in [-0.39, 0.29) is 5.82 Å². The Morgan fingerprint density at radius 2 is 1.50 bits per heavy atom. The highest BCUT2D eigenvalue weighted by Gasteiger charge is 2.25. The molecule has 1 N–H and O–H groups in total. The molecule has 0 amide bonds. The zero-order chi connectivity index (χ0) is 14.8. The van der Waals surface area contributed by atoms with E-state index in [0.29, 0.717) is 16.7 Å². The molecule has 0 unspecified atom stereocenters. The van der Waals surface area contributed by atoms with Crippen LogP contribution in [0.15, 0.2) is 48.5 Å². The Morgan fingerprint density at radius 1 is 1.05 bits per heavy atom. The first-order chi connectivity index (χ1) is 9.45. The average Bonchev–Trinajstić information content (AvgIpc) is 2.47. The van der Waals surface area contributed by atoms with Crippen molar-refractivity contribution in [3.63, 3.8) is 0 Å². The molecule has 0 fully saturated rings. The van der Waals surface area contributed by atoms with E-state index >= 15 is 0 Å². The summed E-state index contributed by atoms with van der Waals surface area (Å²) in [6, 6.07) is 12.1. The van der Waals surface area contributed by atoms with Gasteiger partial charge in [-0.1, -0.05) is 24.3 Å². The Hall–Kier alpha value is -2.20. The van der Waals surface area contributed by atoms with Crippen molar-refractivity contribution in [3.05, 3.63) is 71.0 Å². The normalized spacial score (nSPS) is 13.6. The summed E-state index contributed by atoms with van der Waals surface area (Å²) in [5.41, 5.74) is 0.329. The van der Waals surface area contributed by atoms with E-state index in [0.717, 1.165) is 0 Å². The summed E-state index contributed by atoms with van der Waals surface area (Å²) in [7, 11) is 1.31. The lowest BCUT2D eigenvalue weighted by Crippen LogP contribution is -2.22. The van der Waals surface area contributed by atoms with Crippen LogP contribution in [0.5, 0.6) is 0 Å². The fourth-order valence-corrected chi connectivity index (χ4v) is 1.99. The molecule has 0 heterocycles. The molecule has 104 valence electrons.